The summed E-state index contributed by atoms with van der Waals surface area (Å²) in [6.07, 6.45) is -0.327. The lowest BCUT2D eigenvalue weighted by Crippen LogP contribution is -2.40. The predicted octanol–water partition coefficient (Wildman–Crippen LogP) is 1.89. The van der Waals surface area contributed by atoms with Crippen LogP contribution in [0.1, 0.15) is 22.3 Å². The molecule has 0 saturated carbocycles. The SMILES string of the molecule is CN1C(=O)C(O)(CC(=O)c2ccc3c(c2)OCCO3)c2ccccc21. The largest absolute Gasteiger partial charge is 0.486 e. The van der Waals surface area contributed by atoms with Crippen LogP contribution in [0, 0.1) is 0 Å². The Labute approximate surface area is 144 Å². The Morgan fingerprint density at radius 1 is 1.16 bits per heavy atom. The zero-order chi connectivity index (χ0) is 17.6. The Morgan fingerprint density at radius 3 is 2.68 bits per heavy atom. The number of nitrogens with zero attached hydrogens (tertiary/aromatic N) is 1. The molecule has 128 valence electrons. The molecule has 0 saturated heterocycles. The van der Waals surface area contributed by atoms with E-state index >= 15 is 0 Å². The maximum Gasteiger partial charge on any atom is 0.263 e. The third-order valence-electron chi connectivity index (χ3n) is 4.65. The molecule has 0 aliphatic carbocycles. The molecule has 1 atom stereocenters. The highest BCUT2D eigenvalue weighted by Crippen LogP contribution is 2.42. The number of ketones is 1. The highest BCUT2D eigenvalue weighted by molar-refractivity contribution is 6.10. The van der Waals surface area contributed by atoms with E-state index in [1.807, 2.05) is 0 Å². The molecule has 1 amide bonds. The van der Waals surface area contributed by atoms with Gasteiger partial charge in [0.15, 0.2) is 22.9 Å². The number of likely N-dealkylation sites (N-methyl/N-ethyl adjacent to an activating group) is 1. The molecule has 2 aliphatic heterocycles. The minimum Gasteiger partial charge on any atom is -0.486 e. The molecule has 0 bridgehead atoms. The van der Waals surface area contributed by atoms with Crippen LogP contribution in [-0.2, 0) is 10.4 Å². The number of hydrogen-bond acceptors (Lipinski definition) is 5. The first-order valence-electron chi connectivity index (χ1n) is 8.03. The topological polar surface area (TPSA) is 76.1 Å². The van der Waals surface area contributed by atoms with Crippen LogP contribution in [0.4, 0.5) is 5.69 Å². The second kappa shape index (κ2) is 5.60. The summed E-state index contributed by atoms with van der Waals surface area (Å²) in [6.45, 7) is 0.892. The van der Waals surface area contributed by atoms with Gasteiger partial charge in [0.05, 0.1) is 12.1 Å². The molecule has 6 nitrogen and oxygen atoms in total. The number of amides is 1. The zero-order valence-electron chi connectivity index (χ0n) is 13.7. The maximum atomic E-state index is 12.7. The second-order valence-electron chi connectivity index (χ2n) is 6.20. The van der Waals surface area contributed by atoms with Crippen molar-refractivity contribution in [1.82, 2.24) is 0 Å². The normalized spacial score (nSPS) is 21.2. The molecular weight excluding hydrogens is 322 g/mol. The monoisotopic (exact) mass is 339 g/mol. The Hall–Kier alpha value is -2.86. The molecule has 2 aromatic rings. The Balaban J connectivity index is 1.66. The van der Waals surface area contributed by atoms with Crippen molar-refractivity contribution in [3.63, 3.8) is 0 Å². The highest BCUT2D eigenvalue weighted by atomic mass is 16.6. The molecule has 4 rings (SSSR count). The predicted molar refractivity (Wildman–Crippen MR) is 90.1 cm³/mol. The first-order valence-corrected chi connectivity index (χ1v) is 8.03. The number of carbonyl (C=O) groups excluding carboxylic acids is 2. The summed E-state index contributed by atoms with van der Waals surface area (Å²) in [4.78, 5) is 26.7. The average molecular weight is 339 g/mol. The Kier molecular flexibility index (Phi) is 3.51. The van der Waals surface area contributed by atoms with Crippen molar-refractivity contribution in [3.05, 3.63) is 53.6 Å². The van der Waals surface area contributed by atoms with E-state index in [1.54, 1.807) is 49.5 Å². The van der Waals surface area contributed by atoms with Crippen LogP contribution >= 0.6 is 0 Å². The van der Waals surface area contributed by atoms with Gasteiger partial charge in [0, 0.05) is 18.2 Å². The Morgan fingerprint density at radius 2 is 1.88 bits per heavy atom. The number of carbonyl (C=O) groups is 2. The molecule has 0 radical (unpaired) electrons. The van der Waals surface area contributed by atoms with Crippen molar-refractivity contribution in [3.8, 4) is 11.5 Å². The molecule has 1 unspecified atom stereocenters. The fourth-order valence-corrected chi connectivity index (χ4v) is 3.34. The van der Waals surface area contributed by atoms with Crippen molar-refractivity contribution >= 4 is 17.4 Å². The van der Waals surface area contributed by atoms with Gasteiger partial charge < -0.3 is 19.5 Å². The van der Waals surface area contributed by atoms with Crippen LogP contribution in [0.3, 0.4) is 0 Å². The number of benzene rings is 2. The fraction of sp³-hybridized carbons (Fsp3) is 0.263. The van der Waals surface area contributed by atoms with Gasteiger partial charge in [-0.15, -0.1) is 0 Å². The van der Waals surface area contributed by atoms with Crippen molar-refractivity contribution in [2.75, 3.05) is 25.2 Å². The molecular formula is C19H17NO5. The summed E-state index contributed by atoms with van der Waals surface area (Å²) in [5.74, 6) is 0.250. The third kappa shape index (κ3) is 2.37. The van der Waals surface area contributed by atoms with Gasteiger partial charge in [-0.25, -0.2) is 0 Å². The lowest BCUT2D eigenvalue weighted by molar-refractivity contribution is -0.135. The number of Topliss-reactive ketones (excluding diaryl/α,β-unsaturated/α-hetero) is 1. The molecule has 25 heavy (non-hydrogen) atoms. The molecule has 2 heterocycles. The van der Waals surface area contributed by atoms with E-state index in [1.165, 1.54) is 4.90 Å². The van der Waals surface area contributed by atoms with Gasteiger partial charge in [-0.05, 0) is 24.3 Å². The van der Waals surface area contributed by atoms with Gasteiger partial charge in [0.2, 0.25) is 0 Å². The molecule has 0 spiro atoms. The van der Waals surface area contributed by atoms with Gasteiger partial charge in [-0.1, -0.05) is 18.2 Å². The number of ether oxygens (including phenoxy) is 2. The Bertz CT molecular complexity index is 878. The summed E-state index contributed by atoms with van der Waals surface area (Å²) < 4.78 is 10.9. The van der Waals surface area contributed by atoms with E-state index in [0.29, 0.717) is 41.5 Å². The summed E-state index contributed by atoms with van der Waals surface area (Å²) >= 11 is 0. The van der Waals surface area contributed by atoms with Crippen LogP contribution in [0.2, 0.25) is 0 Å². The number of hydrogen-bond donors (Lipinski definition) is 1. The number of aliphatic hydroxyl groups is 1. The van der Waals surface area contributed by atoms with Gasteiger partial charge >= 0.3 is 0 Å². The van der Waals surface area contributed by atoms with Crippen LogP contribution in [-0.4, -0.2) is 37.1 Å². The lowest BCUT2D eigenvalue weighted by Gasteiger charge is -2.22. The lowest BCUT2D eigenvalue weighted by atomic mass is 9.88. The molecule has 1 N–H and O–H groups in total. The van der Waals surface area contributed by atoms with E-state index in [2.05, 4.69) is 0 Å². The second-order valence-corrected chi connectivity index (χ2v) is 6.20. The van der Waals surface area contributed by atoms with Gasteiger partial charge in [-0.2, -0.15) is 0 Å². The first-order chi connectivity index (χ1) is 12.0. The number of fused-ring (bicyclic) bond motifs is 2. The summed E-state index contributed by atoms with van der Waals surface area (Å²) in [5, 5.41) is 11.0. The summed E-state index contributed by atoms with van der Waals surface area (Å²) in [5.41, 5.74) is -0.411. The third-order valence-corrected chi connectivity index (χ3v) is 4.65. The van der Waals surface area contributed by atoms with Gasteiger partial charge in [-0.3, -0.25) is 9.59 Å². The van der Waals surface area contributed by atoms with Gasteiger partial charge in [0.1, 0.15) is 13.2 Å². The standard InChI is InChI=1S/C19H17NO5/c1-20-14-5-3-2-4-13(14)19(23,18(20)22)11-15(21)12-6-7-16-17(10-12)25-9-8-24-16/h2-7,10,23H,8-9,11H2,1H3. The van der Waals surface area contributed by atoms with Crippen molar-refractivity contribution in [2.45, 2.75) is 12.0 Å². The molecule has 0 aromatic heterocycles. The summed E-state index contributed by atoms with van der Waals surface area (Å²) in [6, 6.07) is 11.8. The van der Waals surface area contributed by atoms with Crippen molar-refractivity contribution in [2.24, 2.45) is 0 Å². The van der Waals surface area contributed by atoms with E-state index < -0.39 is 11.5 Å². The van der Waals surface area contributed by atoms with E-state index in [9.17, 15) is 14.7 Å². The first kappa shape index (κ1) is 15.7. The molecule has 2 aliphatic rings. The smallest absolute Gasteiger partial charge is 0.263 e. The van der Waals surface area contributed by atoms with Crippen LogP contribution in [0.5, 0.6) is 11.5 Å². The number of anilines is 1. The minimum atomic E-state index is -1.85. The number of rotatable bonds is 3. The zero-order valence-corrected chi connectivity index (χ0v) is 13.7. The quantitative estimate of drug-likeness (QED) is 0.865. The van der Waals surface area contributed by atoms with E-state index in [-0.39, 0.29) is 12.2 Å². The van der Waals surface area contributed by atoms with Gasteiger partial charge in [0.25, 0.3) is 5.91 Å². The fourth-order valence-electron chi connectivity index (χ4n) is 3.34. The van der Waals surface area contributed by atoms with Crippen LogP contribution in [0.15, 0.2) is 42.5 Å². The number of para-hydroxylation sites is 1. The molecule has 0 fully saturated rings. The van der Waals surface area contributed by atoms with Crippen LogP contribution in [0.25, 0.3) is 0 Å². The average Bonchev–Trinajstić information content (AvgIpc) is 2.83. The van der Waals surface area contributed by atoms with E-state index in [4.69, 9.17) is 9.47 Å². The molecule has 2 aromatic carbocycles. The minimum absolute atomic E-state index is 0.327. The maximum absolute atomic E-state index is 12.7. The van der Waals surface area contributed by atoms with Crippen molar-refractivity contribution in [1.29, 1.82) is 0 Å². The van der Waals surface area contributed by atoms with Crippen LogP contribution < -0.4 is 14.4 Å². The highest BCUT2D eigenvalue weighted by Gasteiger charge is 2.49. The molecule has 6 heteroatoms. The van der Waals surface area contributed by atoms with Crippen molar-refractivity contribution < 1.29 is 24.2 Å². The van der Waals surface area contributed by atoms with E-state index in [0.717, 1.165) is 0 Å². The summed E-state index contributed by atoms with van der Waals surface area (Å²) in [7, 11) is 1.59.